The zero-order valence-electron chi connectivity index (χ0n) is 5.50. The Hall–Kier alpha value is 1.23. The molecular formula is HAlMgO8SSi. The molecule has 0 bridgehead atoms. The van der Waals surface area contributed by atoms with E-state index in [1.54, 1.807) is 0 Å². The number of rotatable bonds is 0. The third kappa shape index (κ3) is 781. The van der Waals surface area contributed by atoms with E-state index in [2.05, 4.69) is 0 Å². The van der Waals surface area contributed by atoms with Crippen molar-refractivity contribution < 1.29 is 36.7 Å². The van der Waals surface area contributed by atoms with E-state index in [-0.39, 0.29) is 40.4 Å². The first kappa shape index (κ1) is 23.2. The van der Waals surface area contributed by atoms with Gasteiger partial charge in [-0.3, -0.25) is 4.55 Å². The Balaban J connectivity index is -0.0000000457. The first-order valence-corrected chi connectivity index (χ1v) is 4.50. The van der Waals surface area contributed by atoms with Gasteiger partial charge in [0.2, 0.25) is 10.4 Å². The van der Waals surface area contributed by atoms with Crippen molar-refractivity contribution in [3.8, 4) is 0 Å². The first-order chi connectivity index (χ1) is 4.00. The zero-order chi connectivity index (χ0) is 9.00. The summed E-state index contributed by atoms with van der Waals surface area (Å²) >= 11 is 0. The van der Waals surface area contributed by atoms with Crippen LogP contribution in [0.25, 0.3) is 0 Å². The fourth-order valence-electron chi connectivity index (χ4n) is 0. The van der Waals surface area contributed by atoms with E-state index in [9.17, 15) is 0 Å². The van der Waals surface area contributed by atoms with Gasteiger partial charge in [-0.15, -0.1) is 0 Å². The van der Waals surface area contributed by atoms with Gasteiger partial charge in [-0.1, -0.05) is 0 Å². The van der Waals surface area contributed by atoms with Crippen molar-refractivity contribution in [3.05, 3.63) is 0 Å². The van der Waals surface area contributed by atoms with E-state index < -0.39 is 19.4 Å². The van der Waals surface area contributed by atoms with E-state index in [0.29, 0.717) is 0 Å². The molecule has 0 aromatic heterocycles. The smallest absolute Gasteiger partial charge is 0.894 e. The Bertz CT molecular complexity index is 154. The minimum atomic E-state index is -5.61. The van der Waals surface area contributed by atoms with Crippen LogP contribution in [0.15, 0.2) is 0 Å². The monoisotopic (exact) mass is 240 g/mol. The van der Waals surface area contributed by atoms with Gasteiger partial charge < -0.3 is 32.8 Å². The van der Waals surface area contributed by atoms with E-state index >= 15 is 0 Å². The molecule has 0 saturated heterocycles. The van der Waals surface area contributed by atoms with Gasteiger partial charge in [-0.05, 0) is 0 Å². The molecule has 0 radical (unpaired) electrons. The second kappa shape index (κ2) is 8.81. The normalized spacial score (nSPS) is 9.83. The average Bonchev–Trinajstić information content (AvgIpc) is 1.12. The minimum Gasteiger partial charge on any atom is -0.894 e. The van der Waals surface area contributed by atoms with Crippen LogP contribution in [-0.4, -0.2) is 67.0 Å². The molecule has 8 nitrogen and oxygen atoms in total. The van der Waals surface area contributed by atoms with Crippen LogP contribution in [0.1, 0.15) is 0 Å². The largest absolute Gasteiger partial charge is 3.00 e. The first-order valence-electron chi connectivity index (χ1n) is 1.50. The van der Waals surface area contributed by atoms with Gasteiger partial charge in [0.25, 0.3) is 0 Å². The fourth-order valence-corrected chi connectivity index (χ4v) is 0. The Labute approximate surface area is 96.2 Å². The molecule has 64 valence electrons. The predicted octanol–water partition coefficient (Wildman–Crippen LogP) is -6.89. The summed E-state index contributed by atoms with van der Waals surface area (Å²) in [6.07, 6.45) is 0. The Morgan fingerprint density at radius 1 is 1.08 bits per heavy atom. The van der Waals surface area contributed by atoms with Crippen molar-refractivity contribution >= 4 is 59.9 Å². The third-order valence-corrected chi connectivity index (χ3v) is 0. The molecule has 0 aliphatic rings. The molecule has 0 saturated carbocycles. The second-order valence-corrected chi connectivity index (χ2v) is 2.78. The molecule has 0 aliphatic carbocycles. The molecule has 0 heterocycles. The molecule has 1 N–H and O–H groups in total. The van der Waals surface area contributed by atoms with E-state index in [1.807, 2.05) is 0 Å². The third-order valence-electron chi connectivity index (χ3n) is 0. The van der Waals surface area contributed by atoms with Crippen molar-refractivity contribution in [2.45, 2.75) is 0 Å². The Kier molecular flexibility index (Phi) is 17.0. The molecule has 0 aromatic rings. The fraction of sp³-hybridized carbons (Fsp3) is 0. The molecule has 0 rings (SSSR count). The van der Waals surface area contributed by atoms with Crippen LogP contribution < -0.4 is 19.2 Å². The SMILES string of the molecule is O=S(=O)([O-])O.[Al+3].[Mg+2].[O-][Si]([O-])([O-])[O-]. The maximum Gasteiger partial charge on any atom is 3.00 e. The molecule has 0 spiro atoms. The van der Waals surface area contributed by atoms with Crippen molar-refractivity contribution in [2.75, 3.05) is 0 Å². The molecule has 0 unspecified atom stereocenters. The number of hydrogen-bond donors (Lipinski definition) is 1. The molecule has 0 aliphatic heterocycles. The Morgan fingerprint density at radius 3 is 1.08 bits per heavy atom. The molecule has 0 atom stereocenters. The summed E-state index contributed by atoms with van der Waals surface area (Å²) in [6, 6.07) is 0. The van der Waals surface area contributed by atoms with Crippen LogP contribution in [0.3, 0.4) is 0 Å². The molecule has 0 aromatic carbocycles. The quantitative estimate of drug-likeness (QED) is 0.247. The molecule has 12 heavy (non-hydrogen) atoms. The van der Waals surface area contributed by atoms with Crippen LogP contribution >= 0.6 is 0 Å². The van der Waals surface area contributed by atoms with Gasteiger partial charge in [0.1, 0.15) is 0 Å². The van der Waals surface area contributed by atoms with Gasteiger partial charge in [-0.25, -0.2) is 8.42 Å². The van der Waals surface area contributed by atoms with Crippen LogP contribution in [0.4, 0.5) is 0 Å². The van der Waals surface area contributed by atoms with Crippen LogP contribution in [0.5, 0.6) is 0 Å². The van der Waals surface area contributed by atoms with Crippen molar-refractivity contribution in [1.82, 2.24) is 0 Å². The molecule has 12 heteroatoms. The summed E-state index contributed by atoms with van der Waals surface area (Å²) in [5.74, 6) is 0. The van der Waals surface area contributed by atoms with Crippen LogP contribution in [-0.2, 0) is 10.4 Å². The average molecular weight is 240 g/mol. The van der Waals surface area contributed by atoms with E-state index in [4.69, 9.17) is 36.7 Å². The summed E-state index contributed by atoms with van der Waals surface area (Å²) in [4.78, 5) is 34.3. The maximum absolute atomic E-state index is 8.63. The molecule has 0 fully saturated rings. The second-order valence-electron chi connectivity index (χ2n) is 0.928. The van der Waals surface area contributed by atoms with E-state index in [1.165, 1.54) is 0 Å². The van der Waals surface area contributed by atoms with Gasteiger partial charge in [0.15, 0.2) is 0 Å². The zero-order valence-corrected chi connectivity index (χ0v) is 9.88. The summed E-state index contributed by atoms with van der Waals surface area (Å²) in [6.45, 7) is 0. The van der Waals surface area contributed by atoms with Crippen molar-refractivity contribution in [3.63, 3.8) is 0 Å². The topological polar surface area (TPSA) is 170 Å². The van der Waals surface area contributed by atoms with Gasteiger partial charge in [0.05, 0.1) is 0 Å². The standard InChI is InChI=1S/Al.Mg.H2O4S.O4Si/c;;2*1-5(2,3)4/h;;(H2,1,2,3,4);/q+3;+2;;-4/p-1. The number of hydrogen-bond acceptors (Lipinski definition) is 7. The Morgan fingerprint density at radius 2 is 1.08 bits per heavy atom. The van der Waals surface area contributed by atoms with Gasteiger partial charge in [-0.2, -0.15) is 0 Å². The van der Waals surface area contributed by atoms with Crippen molar-refractivity contribution in [1.29, 1.82) is 0 Å². The van der Waals surface area contributed by atoms with Crippen LogP contribution in [0.2, 0.25) is 0 Å². The summed E-state index contributed by atoms with van der Waals surface area (Å²) in [7, 11) is -10.5. The molecular weight excluding hydrogens is 239 g/mol. The maximum atomic E-state index is 8.63. The van der Waals surface area contributed by atoms with Gasteiger partial charge in [0, 0.05) is 0 Å². The van der Waals surface area contributed by atoms with E-state index in [0.717, 1.165) is 0 Å². The predicted molar refractivity (Wildman–Crippen MR) is 29.6 cm³/mol. The summed E-state index contributed by atoms with van der Waals surface area (Å²) < 4.78 is 32.8. The molecule has 0 amide bonds. The minimum absolute atomic E-state index is 0. The van der Waals surface area contributed by atoms with Gasteiger partial charge >= 0.3 is 40.4 Å². The van der Waals surface area contributed by atoms with Crippen molar-refractivity contribution in [2.24, 2.45) is 0 Å². The van der Waals surface area contributed by atoms with Crippen LogP contribution in [0, 0.1) is 0 Å². The summed E-state index contributed by atoms with van der Waals surface area (Å²) in [5.41, 5.74) is 0. The summed E-state index contributed by atoms with van der Waals surface area (Å²) in [5, 5.41) is 0.